The molecule has 40 heavy (non-hydrogen) atoms. The average molecular weight is 553 g/mol. The van der Waals surface area contributed by atoms with Gasteiger partial charge in [0.2, 0.25) is 0 Å². The summed E-state index contributed by atoms with van der Waals surface area (Å²) in [7, 11) is 0. The average Bonchev–Trinajstić information content (AvgIpc) is 3.43. The Hall–Kier alpha value is -3.68. The van der Waals surface area contributed by atoms with Gasteiger partial charge in [0.25, 0.3) is 0 Å². The van der Waals surface area contributed by atoms with Gasteiger partial charge < -0.3 is 19.3 Å². The molecule has 0 radical (unpaired) electrons. The molecule has 2 aromatic carbocycles. The highest BCUT2D eigenvalue weighted by Crippen LogP contribution is 2.53. The Morgan fingerprint density at radius 1 is 0.775 bits per heavy atom. The zero-order valence-electron chi connectivity index (χ0n) is 24.5. The fourth-order valence-corrected chi connectivity index (χ4v) is 5.51. The largest absolute Gasteiger partial charge is 0.465 e. The predicted octanol–water partition coefficient (Wildman–Crippen LogP) is 6.72. The summed E-state index contributed by atoms with van der Waals surface area (Å²) in [5.41, 5.74) is 1.88. The zero-order chi connectivity index (χ0) is 29.6. The Morgan fingerprint density at radius 3 is 1.52 bits per heavy atom. The predicted molar refractivity (Wildman–Crippen MR) is 150 cm³/mol. The molecule has 0 amide bonds. The van der Waals surface area contributed by atoms with Crippen LogP contribution in [-0.2, 0) is 19.1 Å². The minimum atomic E-state index is -1.43. The first-order valence-corrected chi connectivity index (χ1v) is 13.6. The third-order valence-electron chi connectivity index (χ3n) is 7.13. The summed E-state index contributed by atoms with van der Waals surface area (Å²) in [6.45, 7) is 15.7. The molecule has 0 saturated carbocycles. The number of ether oxygens (including phenoxy) is 2. The number of hydrogen-bond acceptors (Lipinski definition) is 6. The van der Waals surface area contributed by atoms with Gasteiger partial charge in [0.1, 0.15) is 17.5 Å². The van der Waals surface area contributed by atoms with Gasteiger partial charge in [0.15, 0.2) is 5.92 Å². The number of carbonyl (C=O) groups excluding carboxylic acids is 2. The Kier molecular flexibility index (Phi) is 7.85. The molecule has 2 aromatic rings. The zero-order valence-corrected chi connectivity index (χ0v) is 24.5. The van der Waals surface area contributed by atoms with Crippen LogP contribution in [0, 0.1) is 17.6 Å². The highest BCUT2D eigenvalue weighted by Gasteiger charge is 2.48. The van der Waals surface area contributed by atoms with E-state index in [1.807, 2.05) is 63.7 Å². The molecule has 0 atom stereocenters. The second-order valence-electron chi connectivity index (χ2n) is 12.0. The van der Waals surface area contributed by atoms with Crippen molar-refractivity contribution in [2.24, 2.45) is 5.92 Å². The standard InChI is InChI=1S/C32H38F2N2O4/c1-9-39-29(37)27(30(38)40-10-2)26(28-35(31(3,4)5)15-16-36(28)32(6,7)8)25-21-13-11-19(33)17-23(21)24-18-20(34)12-14-22(24)25/h11-18,25,27H,9-10H2,1-8H3. The van der Waals surface area contributed by atoms with E-state index in [9.17, 15) is 18.4 Å². The lowest BCUT2D eigenvalue weighted by molar-refractivity contribution is -0.159. The first kappa shape index (κ1) is 29.3. The summed E-state index contributed by atoms with van der Waals surface area (Å²) in [6, 6.07) is 8.72. The minimum absolute atomic E-state index is 0.0653. The van der Waals surface area contributed by atoms with Crippen molar-refractivity contribution < 1.29 is 27.8 Å². The topological polar surface area (TPSA) is 59.1 Å². The number of fused-ring (bicyclic) bond motifs is 3. The van der Waals surface area contributed by atoms with Gasteiger partial charge in [-0.15, -0.1) is 0 Å². The van der Waals surface area contributed by atoms with Gasteiger partial charge in [0.05, 0.1) is 13.2 Å². The summed E-state index contributed by atoms with van der Waals surface area (Å²) in [5.74, 6) is -3.89. The number of carbonyl (C=O) groups is 2. The molecule has 0 spiro atoms. The molecule has 1 aliphatic carbocycles. The summed E-state index contributed by atoms with van der Waals surface area (Å²) < 4.78 is 40.1. The van der Waals surface area contributed by atoms with Gasteiger partial charge in [-0.1, -0.05) is 12.1 Å². The van der Waals surface area contributed by atoms with Crippen molar-refractivity contribution in [1.82, 2.24) is 9.80 Å². The maximum atomic E-state index is 14.6. The molecule has 2 aliphatic rings. The van der Waals surface area contributed by atoms with Crippen LogP contribution in [0.2, 0.25) is 0 Å². The Balaban J connectivity index is 2.17. The molecular weight excluding hydrogens is 514 g/mol. The molecule has 1 heterocycles. The van der Waals surface area contributed by atoms with Gasteiger partial charge >= 0.3 is 11.9 Å². The number of nitrogens with zero attached hydrogens (tertiary/aromatic N) is 2. The highest BCUT2D eigenvalue weighted by atomic mass is 19.1. The first-order valence-electron chi connectivity index (χ1n) is 13.6. The van der Waals surface area contributed by atoms with E-state index in [2.05, 4.69) is 0 Å². The molecule has 6 nitrogen and oxygen atoms in total. The molecule has 214 valence electrons. The third kappa shape index (κ3) is 5.23. The lowest BCUT2D eigenvalue weighted by atomic mass is 9.80. The molecule has 0 unspecified atom stereocenters. The van der Waals surface area contributed by atoms with Crippen molar-refractivity contribution in [2.45, 2.75) is 72.4 Å². The summed E-state index contributed by atoms with van der Waals surface area (Å²) >= 11 is 0. The second kappa shape index (κ2) is 10.7. The van der Waals surface area contributed by atoms with E-state index in [1.54, 1.807) is 26.0 Å². The highest BCUT2D eigenvalue weighted by molar-refractivity contribution is 5.99. The molecule has 0 fully saturated rings. The van der Waals surface area contributed by atoms with Gasteiger partial charge in [0, 0.05) is 35.0 Å². The summed E-state index contributed by atoms with van der Waals surface area (Å²) in [6.07, 6.45) is 3.86. The van der Waals surface area contributed by atoms with Crippen LogP contribution in [0.4, 0.5) is 8.78 Å². The maximum Gasteiger partial charge on any atom is 0.324 e. The molecular formula is C32H38F2N2O4. The van der Waals surface area contributed by atoms with Gasteiger partial charge in [-0.05, 0) is 102 Å². The van der Waals surface area contributed by atoms with Crippen molar-refractivity contribution >= 4 is 11.9 Å². The summed E-state index contributed by atoms with van der Waals surface area (Å²) in [5, 5.41) is 0. The normalized spacial score (nSPS) is 15.0. The van der Waals surface area contributed by atoms with Crippen molar-refractivity contribution in [2.75, 3.05) is 13.2 Å². The minimum Gasteiger partial charge on any atom is -0.465 e. The van der Waals surface area contributed by atoms with E-state index in [4.69, 9.17) is 9.47 Å². The van der Waals surface area contributed by atoms with Crippen LogP contribution >= 0.6 is 0 Å². The van der Waals surface area contributed by atoms with E-state index in [0.717, 1.165) is 0 Å². The molecule has 4 rings (SSSR count). The van der Waals surface area contributed by atoms with E-state index >= 15 is 0 Å². The van der Waals surface area contributed by atoms with Crippen LogP contribution in [-0.4, -0.2) is 46.0 Å². The maximum absolute atomic E-state index is 14.6. The van der Waals surface area contributed by atoms with Crippen molar-refractivity contribution in [3.05, 3.63) is 83.0 Å². The van der Waals surface area contributed by atoms with Gasteiger partial charge in [-0.3, -0.25) is 9.59 Å². The number of esters is 2. The van der Waals surface area contributed by atoms with E-state index in [0.29, 0.717) is 33.6 Å². The Bertz CT molecular complexity index is 1290. The third-order valence-corrected chi connectivity index (χ3v) is 7.13. The SMILES string of the molecule is CCOC(=O)C(C(=O)OCC)C(=C1N(C(C)(C)C)C=CN1C(C)(C)C)C1c2ccc(F)cc2-c2cc(F)ccc21. The quantitative estimate of drug-likeness (QED) is 0.293. The van der Waals surface area contributed by atoms with E-state index in [-0.39, 0.29) is 13.2 Å². The van der Waals surface area contributed by atoms with Crippen LogP contribution in [0.1, 0.15) is 72.4 Å². The van der Waals surface area contributed by atoms with E-state index in [1.165, 1.54) is 24.3 Å². The lowest BCUT2D eigenvalue weighted by Gasteiger charge is -2.43. The van der Waals surface area contributed by atoms with Crippen LogP contribution < -0.4 is 0 Å². The van der Waals surface area contributed by atoms with Crippen molar-refractivity contribution in [3.63, 3.8) is 0 Å². The Morgan fingerprint density at radius 2 is 1.18 bits per heavy atom. The Labute approximate surface area is 235 Å². The van der Waals surface area contributed by atoms with Crippen LogP contribution in [0.5, 0.6) is 0 Å². The number of rotatable bonds is 6. The molecule has 0 N–H and O–H groups in total. The van der Waals surface area contributed by atoms with Gasteiger partial charge in [-0.25, -0.2) is 8.78 Å². The number of hydrogen-bond donors (Lipinski definition) is 0. The molecule has 8 heteroatoms. The monoisotopic (exact) mass is 552 g/mol. The molecule has 0 aromatic heterocycles. The smallest absolute Gasteiger partial charge is 0.324 e. The van der Waals surface area contributed by atoms with E-state index < -0.39 is 46.5 Å². The van der Waals surface area contributed by atoms with Crippen LogP contribution in [0.25, 0.3) is 11.1 Å². The van der Waals surface area contributed by atoms with Crippen molar-refractivity contribution in [3.8, 4) is 11.1 Å². The second-order valence-corrected chi connectivity index (χ2v) is 12.0. The molecule has 0 bridgehead atoms. The fourth-order valence-electron chi connectivity index (χ4n) is 5.51. The van der Waals surface area contributed by atoms with Crippen LogP contribution in [0.3, 0.4) is 0 Å². The first-order chi connectivity index (χ1) is 18.7. The number of halogens is 2. The molecule has 1 aliphatic heterocycles. The van der Waals surface area contributed by atoms with Crippen molar-refractivity contribution in [1.29, 1.82) is 0 Å². The summed E-state index contributed by atoms with van der Waals surface area (Å²) in [4.78, 5) is 31.5. The van der Waals surface area contributed by atoms with Gasteiger partial charge in [-0.2, -0.15) is 0 Å². The number of benzene rings is 2. The lowest BCUT2D eigenvalue weighted by Crippen LogP contribution is -2.46. The fraction of sp³-hybridized carbons (Fsp3) is 0.438. The molecule has 0 saturated heterocycles. The van der Waals surface area contributed by atoms with Crippen LogP contribution in [0.15, 0.2) is 60.2 Å².